The molecule has 0 aliphatic rings. The lowest BCUT2D eigenvalue weighted by Gasteiger charge is -1.98. The lowest BCUT2D eigenvalue weighted by atomic mass is 10.1. The second kappa shape index (κ2) is 5.20. The lowest BCUT2D eigenvalue weighted by molar-refractivity contribution is 0.429. The zero-order valence-electron chi connectivity index (χ0n) is 12.6. The van der Waals surface area contributed by atoms with Gasteiger partial charge in [0, 0.05) is 36.8 Å². The van der Waals surface area contributed by atoms with Gasteiger partial charge in [-0.1, -0.05) is 5.16 Å². The Labute approximate surface area is 131 Å². The van der Waals surface area contributed by atoms with E-state index in [9.17, 15) is 0 Å². The van der Waals surface area contributed by atoms with Crippen molar-refractivity contribution >= 4 is 0 Å². The van der Waals surface area contributed by atoms with Gasteiger partial charge in [0.2, 0.25) is 5.82 Å². The summed E-state index contributed by atoms with van der Waals surface area (Å²) >= 11 is 0. The fraction of sp³-hybridized carbons (Fsp3) is 0.125. The highest BCUT2D eigenvalue weighted by Crippen LogP contribution is 2.26. The van der Waals surface area contributed by atoms with Gasteiger partial charge < -0.3 is 8.94 Å². The smallest absolute Gasteiger partial charge is 0.259 e. The molecular weight excluding hydrogens is 294 g/mol. The molecule has 0 fully saturated rings. The molecule has 4 rings (SSSR count). The molecule has 0 atom stereocenters. The highest BCUT2D eigenvalue weighted by Gasteiger charge is 2.14. The van der Waals surface area contributed by atoms with E-state index in [2.05, 4.69) is 20.2 Å². The van der Waals surface area contributed by atoms with Crippen molar-refractivity contribution in [2.75, 3.05) is 0 Å². The normalized spacial score (nSPS) is 11.0. The van der Waals surface area contributed by atoms with Crippen LogP contribution in [0.3, 0.4) is 0 Å². The topological polar surface area (TPSA) is 82.8 Å². The molecule has 0 amide bonds. The van der Waals surface area contributed by atoms with Crippen LogP contribution in [0.2, 0.25) is 0 Å². The summed E-state index contributed by atoms with van der Waals surface area (Å²) < 4.78 is 12.6. The molecule has 0 aliphatic carbocycles. The third-order valence-corrected chi connectivity index (χ3v) is 3.41. The molecule has 0 radical (unpaired) electrons. The zero-order chi connectivity index (χ0) is 15.8. The van der Waals surface area contributed by atoms with Crippen LogP contribution < -0.4 is 0 Å². The summed E-state index contributed by atoms with van der Waals surface area (Å²) in [5.41, 5.74) is 2.65. The molecule has 7 nitrogen and oxygen atoms in total. The van der Waals surface area contributed by atoms with Gasteiger partial charge in [0.25, 0.3) is 5.89 Å². The lowest BCUT2D eigenvalue weighted by Crippen LogP contribution is -1.85. The van der Waals surface area contributed by atoms with E-state index in [0.29, 0.717) is 17.5 Å². The van der Waals surface area contributed by atoms with Crippen LogP contribution in [0.4, 0.5) is 0 Å². The van der Waals surface area contributed by atoms with Gasteiger partial charge in [0.15, 0.2) is 5.76 Å². The van der Waals surface area contributed by atoms with Crippen LogP contribution in [0, 0.1) is 6.92 Å². The van der Waals surface area contributed by atoms with Crippen molar-refractivity contribution in [2.24, 2.45) is 7.05 Å². The largest absolute Gasteiger partial charge is 0.458 e. The summed E-state index contributed by atoms with van der Waals surface area (Å²) in [5.74, 6) is 2.19. The zero-order valence-corrected chi connectivity index (χ0v) is 12.6. The molecule has 0 saturated carbocycles. The Morgan fingerprint density at radius 2 is 1.91 bits per heavy atom. The standard InChI is InChI=1S/C16H13N5O2/c1-10-3-4-14(22-10)15-19-16(23-20-15)12-5-11(6-17-7-12)13-8-18-21(2)9-13/h3-9H,1-2H3. The molecule has 4 aromatic heterocycles. The maximum atomic E-state index is 5.50. The predicted molar refractivity (Wildman–Crippen MR) is 82.2 cm³/mol. The minimum Gasteiger partial charge on any atom is -0.458 e. The SMILES string of the molecule is Cc1ccc(-c2noc(-c3cncc(-c4cnn(C)c4)c3)n2)o1. The molecule has 0 spiro atoms. The molecule has 0 aromatic carbocycles. The first-order chi connectivity index (χ1) is 11.2. The summed E-state index contributed by atoms with van der Waals surface area (Å²) in [7, 11) is 1.87. The molecule has 0 N–H and O–H groups in total. The second-order valence-corrected chi connectivity index (χ2v) is 5.20. The number of aromatic nitrogens is 5. The quantitative estimate of drug-likeness (QED) is 0.578. The Bertz CT molecular complexity index is 966. The average molecular weight is 307 g/mol. The molecule has 0 aliphatic heterocycles. The predicted octanol–water partition coefficient (Wildman–Crippen LogP) is 3.10. The van der Waals surface area contributed by atoms with Gasteiger partial charge in [0.1, 0.15) is 5.76 Å². The van der Waals surface area contributed by atoms with Crippen molar-refractivity contribution in [1.82, 2.24) is 24.9 Å². The molecular formula is C16H13N5O2. The molecule has 23 heavy (non-hydrogen) atoms. The van der Waals surface area contributed by atoms with Crippen LogP contribution in [-0.4, -0.2) is 24.9 Å². The Balaban J connectivity index is 1.70. The molecule has 4 heterocycles. The minimum absolute atomic E-state index is 0.396. The maximum absolute atomic E-state index is 5.50. The van der Waals surface area contributed by atoms with Gasteiger partial charge >= 0.3 is 0 Å². The fourth-order valence-corrected chi connectivity index (χ4v) is 2.28. The number of nitrogens with zero attached hydrogens (tertiary/aromatic N) is 5. The van der Waals surface area contributed by atoms with E-state index in [1.807, 2.05) is 38.4 Å². The van der Waals surface area contributed by atoms with E-state index in [0.717, 1.165) is 22.5 Å². The number of hydrogen-bond acceptors (Lipinski definition) is 6. The minimum atomic E-state index is 0.396. The molecule has 0 unspecified atom stereocenters. The number of pyridine rings is 1. The van der Waals surface area contributed by atoms with Gasteiger partial charge in [-0.3, -0.25) is 9.67 Å². The van der Waals surface area contributed by atoms with Crippen molar-refractivity contribution in [2.45, 2.75) is 6.92 Å². The van der Waals surface area contributed by atoms with Gasteiger partial charge in [-0.05, 0) is 25.1 Å². The molecule has 4 aromatic rings. The molecule has 7 heteroatoms. The van der Waals surface area contributed by atoms with Crippen LogP contribution in [-0.2, 0) is 7.05 Å². The number of furan rings is 1. The first-order valence-electron chi connectivity index (χ1n) is 7.04. The van der Waals surface area contributed by atoms with Gasteiger partial charge in [-0.15, -0.1) is 0 Å². The third kappa shape index (κ3) is 2.52. The van der Waals surface area contributed by atoms with Crippen molar-refractivity contribution in [3.8, 4) is 34.2 Å². The second-order valence-electron chi connectivity index (χ2n) is 5.20. The first kappa shape index (κ1) is 13.4. The summed E-state index contributed by atoms with van der Waals surface area (Å²) in [6.07, 6.45) is 7.16. The van der Waals surface area contributed by atoms with Crippen molar-refractivity contribution in [1.29, 1.82) is 0 Å². The Kier molecular flexibility index (Phi) is 3.04. The molecule has 0 bridgehead atoms. The maximum Gasteiger partial charge on any atom is 0.259 e. The van der Waals surface area contributed by atoms with Crippen molar-refractivity contribution in [3.63, 3.8) is 0 Å². The Morgan fingerprint density at radius 1 is 1.04 bits per heavy atom. The monoisotopic (exact) mass is 307 g/mol. The van der Waals surface area contributed by atoms with Crippen LogP contribution in [0.1, 0.15) is 5.76 Å². The van der Waals surface area contributed by atoms with E-state index in [1.54, 1.807) is 23.3 Å². The van der Waals surface area contributed by atoms with E-state index in [-0.39, 0.29) is 0 Å². The van der Waals surface area contributed by atoms with Crippen LogP contribution in [0.25, 0.3) is 34.2 Å². The number of hydrogen-bond donors (Lipinski definition) is 0. The summed E-state index contributed by atoms with van der Waals surface area (Å²) in [4.78, 5) is 8.62. The number of rotatable bonds is 3. The first-order valence-corrected chi connectivity index (χ1v) is 7.04. The summed E-state index contributed by atoms with van der Waals surface area (Å²) in [5, 5.41) is 8.13. The fourth-order valence-electron chi connectivity index (χ4n) is 2.28. The van der Waals surface area contributed by atoms with Gasteiger partial charge in [-0.2, -0.15) is 10.1 Å². The van der Waals surface area contributed by atoms with E-state index in [4.69, 9.17) is 8.94 Å². The highest BCUT2D eigenvalue weighted by atomic mass is 16.5. The summed E-state index contributed by atoms with van der Waals surface area (Å²) in [6, 6.07) is 5.61. The van der Waals surface area contributed by atoms with E-state index >= 15 is 0 Å². The average Bonchev–Trinajstić information content (AvgIpc) is 3.27. The Morgan fingerprint density at radius 3 is 2.65 bits per heavy atom. The highest BCUT2D eigenvalue weighted by molar-refractivity contribution is 5.67. The molecule has 114 valence electrons. The summed E-state index contributed by atoms with van der Waals surface area (Å²) in [6.45, 7) is 1.87. The number of aryl methyl sites for hydroxylation is 2. The van der Waals surface area contributed by atoms with Crippen molar-refractivity contribution < 1.29 is 8.94 Å². The van der Waals surface area contributed by atoms with E-state index in [1.165, 1.54) is 0 Å². The van der Waals surface area contributed by atoms with Gasteiger partial charge in [0.05, 0.1) is 11.8 Å². The van der Waals surface area contributed by atoms with Crippen LogP contribution in [0.5, 0.6) is 0 Å². The Hall–Kier alpha value is -3.22. The van der Waals surface area contributed by atoms with Crippen molar-refractivity contribution in [3.05, 3.63) is 48.7 Å². The van der Waals surface area contributed by atoms with Crippen LogP contribution in [0.15, 0.2) is 51.9 Å². The molecule has 0 saturated heterocycles. The van der Waals surface area contributed by atoms with Gasteiger partial charge in [-0.25, -0.2) is 0 Å². The van der Waals surface area contributed by atoms with Crippen LogP contribution >= 0.6 is 0 Å². The van der Waals surface area contributed by atoms with E-state index < -0.39 is 0 Å². The third-order valence-electron chi connectivity index (χ3n) is 3.41.